The molecule has 0 amide bonds. The molecule has 0 aliphatic rings. The van der Waals surface area contributed by atoms with Crippen LogP contribution in [-0.2, 0) is 13.6 Å². The van der Waals surface area contributed by atoms with E-state index in [1.165, 1.54) is 0 Å². The van der Waals surface area contributed by atoms with Crippen LogP contribution in [0.25, 0.3) is 11.2 Å². The molecule has 0 spiro atoms. The van der Waals surface area contributed by atoms with Crippen molar-refractivity contribution in [3.63, 3.8) is 0 Å². The number of fused-ring (bicyclic) bond motifs is 1. The summed E-state index contributed by atoms with van der Waals surface area (Å²) in [6.45, 7) is 2.62. The summed E-state index contributed by atoms with van der Waals surface area (Å²) in [7, 11) is 1.91. The Morgan fingerprint density at radius 1 is 1.16 bits per heavy atom. The van der Waals surface area contributed by atoms with Crippen molar-refractivity contribution in [2.45, 2.75) is 13.5 Å². The van der Waals surface area contributed by atoms with Gasteiger partial charge >= 0.3 is 0 Å². The van der Waals surface area contributed by atoms with E-state index < -0.39 is 0 Å². The van der Waals surface area contributed by atoms with E-state index in [1.807, 2.05) is 47.6 Å². The zero-order valence-electron chi connectivity index (χ0n) is 14.0. The molecule has 0 aliphatic heterocycles. The molecule has 126 valence electrons. The fourth-order valence-corrected chi connectivity index (χ4v) is 2.74. The van der Waals surface area contributed by atoms with Gasteiger partial charge in [0.05, 0.1) is 6.54 Å². The Morgan fingerprint density at radius 3 is 2.84 bits per heavy atom. The predicted molar refractivity (Wildman–Crippen MR) is 96.5 cm³/mol. The van der Waals surface area contributed by atoms with Crippen molar-refractivity contribution in [2.24, 2.45) is 7.05 Å². The molecule has 4 rings (SSSR count). The van der Waals surface area contributed by atoms with Gasteiger partial charge in [-0.15, -0.1) is 0 Å². The van der Waals surface area contributed by atoms with Crippen LogP contribution in [0.4, 0.5) is 17.5 Å². The highest BCUT2D eigenvalue weighted by Crippen LogP contribution is 2.25. The molecular weight excluding hydrogens is 316 g/mol. The van der Waals surface area contributed by atoms with Gasteiger partial charge in [-0.05, 0) is 30.7 Å². The Bertz CT molecular complexity index is 1030. The van der Waals surface area contributed by atoms with Crippen molar-refractivity contribution < 1.29 is 0 Å². The number of hydrogen-bond acceptors (Lipinski definition) is 6. The Hall–Kier alpha value is -3.42. The van der Waals surface area contributed by atoms with E-state index in [2.05, 4.69) is 37.5 Å². The summed E-state index contributed by atoms with van der Waals surface area (Å²) in [4.78, 5) is 13.1. The first kappa shape index (κ1) is 15.1. The molecule has 0 fully saturated rings. The van der Waals surface area contributed by atoms with Crippen LogP contribution in [0.2, 0.25) is 0 Å². The minimum absolute atomic E-state index is 0.214. The van der Waals surface area contributed by atoms with Gasteiger partial charge in [0.1, 0.15) is 5.82 Å². The summed E-state index contributed by atoms with van der Waals surface area (Å²) >= 11 is 0. The number of nitrogen functional groups attached to an aromatic ring is 1. The van der Waals surface area contributed by atoms with Gasteiger partial charge in [0.2, 0.25) is 5.95 Å². The molecule has 8 heteroatoms. The van der Waals surface area contributed by atoms with E-state index >= 15 is 0 Å². The number of nitrogens with two attached hydrogens (primary N) is 1. The van der Waals surface area contributed by atoms with Crippen LogP contribution in [-0.4, -0.2) is 29.3 Å². The lowest BCUT2D eigenvalue weighted by Crippen LogP contribution is -2.04. The lowest BCUT2D eigenvalue weighted by molar-refractivity contribution is 0.687. The Balaban J connectivity index is 1.68. The zero-order valence-corrected chi connectivity index (χ0v) is 14.0. The summed E-state index contributed by atoms with van der Waals surface area (Å²) in [5.41, 5.74) is 9.31. The van der Waals surface area contributed by atoms with Crippen LogP contribution in [0, 0.1) is 6.92 Å². The van der Waals surface area contributed by atoms with Crippen molar-refractivity contribution in [3.8, 4) is 0 Å². The topological polar surface area (TPSA) is 99.5 Å². The Morgan fingerprint density at radius 2 is 2.04 bits per heavy atom. The van der Waals surface area contributed by atoms with Crippen molar-refractivity contribution in [1.82, 2.24) is 29.3 Å². The molecule has 0 aliphatic carbocycles. The summed E-state index contributed by atoms with van der Waals surface area (Å²) in [5.74, 6) is 1.67. The van der Waals surface area contributed by atoms with Crippen molar-refractivity contribution in [3.05, 3.63) is 54.1 Å². The van der Waals surface area contributed by atoms with Gasteiger partial charge in [-0.1, -0.05) is 12.1 Å². The summed E-state index contributed by atoms with van der Waals surface area (Å²) in [6, 6.07) is 9.99. The van der Waals surface area contributed by atoms with Crippen molar-refractivity contribution in [2.75, 3.05) is 11.1 Å². The summed E-state index contributed by atoms with van der Waals surface area (Å²) < 4.78 is 3.77. The molecule has 0 unspecified atom stereocenters. The number of hydrogen-bond donors (Lipinski definition) is 2. The van der Waals surface area contributed by atoms with Crippen LogP contribution in [0.1, 0.15) is 11.4 Å². The number of nitrogens with one attached hydrogen (secondary N) is 1. The standard InChI is InChI=1S/C17H18N8/c1-11-20-14-15(22-17(18)23-16(14)24(11)2)21-13-6-3-5-12(9-13)10-25-8-4-7-19-25/h3-9H,10H2,1-2H3,(H3,18,21,22,23). The number of imidazole rings is 1. The minimum Gasteiger partial charge on any atom is -0.368 e. The van der Waals surface area contributed by atoms with E-state index in [4.69, 9.17) is 5.73 Å². The third-order valence-electron chi connectivity index (χ3n) is 4.05. The van der Waals surface area contributed by atoms with Gasteiger partial charge in [0.15, 0.2) is 17.0 Å². The van der Waals surface area contributed by atoms with Gasteiger partial charge in [-0.3, -0.25) is 4.68 Å². The number of benzene rings is 1. The van der Waals surface area contributed by atoms with Crippen LogP contribution in [0.15, 0.2) is 42.7 Å². The van der Waals surface area contributed by atoms with Crippen LogP contribution < -0.4 is 11.1 Å². The maximum Gasteiger partial charge on any atom is 0.224 e. The van der Waals surface area contributed by atoms with E-state index in [-0.39, 0.29) is 5.95 Å². The van der Waals surface area contributed by atoms with Gasteiger partial charge in [-0.2, -0.15) is 15.1 Å². The first-order valence-electron chi connectivity index (χ1n) is 7.90. The highest BCUT2D eigenvalue weighted by atomic mass is 15.3. The smallest absolute Gasteiger partial charge is 0.224 e. The zero-order chi connectivity index (χ0) is 17.4. The molecule has 0 saturated heterocycles. The molecular formula is C17H18N8. The van der Waals surface area contributed by atoms with Crippen LogP contribution in [0.5, 0.6) is 0 Å². The molecule has 0 saturated carbocycles. The van der Waals surface area contributed by atoms with E-state index in [9.17, 15) is 0 Å². The first-order valence-corrected chi connectivity index (χ1v) is 7.90. The van der Waals surface area contributed by atoms with E-state index in [0.29, 0.717) is 23.5 Å². The second-order valence-corrected chi connectivity index (χ2v) is 5.85. The average Bonchev–Trinajstić information content (AvgIpc) is 3.18. The minimum atomic E-state index is 0.214. The van der Waals surface area contributed by atoms with Crippen LogP contribution in [0.3, 0.4) is 0 Å². The molecule has 3 heterocycles. The van der Waals surface area contributed by atoms with Gasteiger partial charge in [0, 0.05) is 25.1 Å². The van der Waals surface area contributed by atoms with Crippen molar-refractivity contribution >= 4 is 28.6 Å². The molecule has 3 aromatic heterocycles. The van der Waals surface area contributed by atoms with Gasteiger partial charge in [0.25, 0.3) is 0 Å². The van der Waals surface area contributed by atoms with Gasteiger partial charge < -0.3 is 15.6 Å². The Kier molecular flexibility index (Phi) is 3.57. The third kappa shape index (κ3) is 2.89. The molecule has 0 atom stereocenters. The largest absolute Gasteiger partial charge is 0.368 e. The lowest BCUT2D eigenvalue weighted by Gasteiger charge is -2.09. The monoisotopic (exact) mass is 334 g/mol. The molecule has 8 nitrogen and oxygen atoms in total. The van der Waals surface area contributed by atoms with Crippen LogP contribution >= 0.6 is 0 Å². The number of aromatic nitrogens is 6. The summed E-state index contributed by atoms with van der Waals surface area (Å²) in [6.07, 6.45) is 3.71. The fraction of sp³-hybridized carbons (Fsp3) is 0.176. The van der Waals surface area contributed by atoms with E-state index in [1.54, 1.807) is 6.20 Å². The second-order valence-electron chi connectivity index (χ2n) is 5.85. The fourth-order valence-electron chi connectivity index (χ4n) is 2.74. The second kappa shape index (κ2) is 5.90. The molecule has 1 aromatic carbocycles. The highest BCUT2D eigenvalue weighted by Gasteiger charge is 2.13. The molecule has 3 N–H and O–H groups in total. The first-order chi connectivity index (χ1) is 12.1. The SMILES string of the molecule is Cc1nc2c(Nc3cccc(Cn4cccn4)c3)nc(N)nc2n1C. The lowest BCUT2D eigenvalue weighted by atomic mass is 10.2. The molecule has 0 radical (unpaired) electrons. The Labute approximate surface area is 144 Å². The quantitative estimate of drug-likeness (QED) is 0.594. The predicted octanol–water partition coefficient (Wildman–Crippen LogP) is 2.24. The highest BCUT2D eigenvalue weighted by molar-refractivity contribution is 5.86. The summed E-state index contributed by atoms with van der Waals surface area (Å²) in [5, 5.41) is 7.55. The number of anilines is 3. The third-order valence-corrected chi connectivity index (χ3v) is 4.05. The van der Waals surface area contributed by atoms with Crippen molar-refractivity contribution in [1.29, 1.82) is 0 Å². The number of rotatable bonds is 4. The maximum atomic E-state index is 5.86. The average molecular weight is 334 g/mol. The number of nitrogens with zero attached hydrogens (tertiary/aromatic N) is 6. The number of aryl methyl sites for hydroxylation is 2. The molecule has 4 aromatic rings. The maximum absolute atomic E-state index is 5.86. The molecule has 25 heavy (non-hydrogen) atoms. The molecule has 0 bridgehead atoms. The van der Waals surface area contributed by atoms with Gasteiger partial charge in [-0.25, -0.2) is 4.98 Å². The normalized spacial score (nSPS) is 11.1. The van der Waals surface area contributed by atoms with E-state index in [0.717, 1.165) is 17.1 Å².